The van der Waals surface area contributed by atoms with Crippen molar-refractivity contribution in [3.8, 4) is 5.82 Å². The molecule has 0 bridgehead atoms. The first-order chi connectivity index (χ1) is 11.1. The van der Waals surface area contributed by atoms with Crippen LogP contribution in [-0.2, 0) is 17.3 Å². The lowest BCUT2D eigenvalue weighted by Gasteiger charge is -2.12. The third kappa shape index (κ3) is 3.48. The van der Waals surface area contributed by atoms with Gasteiger partial charge in [0.2, 0.25) is 0 Å². The SMILES string of the molecule is Cc1nccn1-c1ncccc1NCc1ccc(S(C)=O)cc1. The molecule has 2 aromatic heterocycles. The van der Waals surface area contributed by atoms with Gasteiger partial charge in [-0.25, -0.2) is 9.97 Å². The monoisotopic (exact) mass is 326 g/mol. The van der Waals surface area contributed by atoms with Crippen LogP contribution in [0.3, 0.4) is 0 Å². The maximum atomic E-state index is 11.4. The Balaban J connectivity index is 1.79. The van der Waals surface area contributed by atoms with Crippen molar-refractivity contribution in [3.05, 3.63) is 66.4 Å². The molecule has 0 aliphatic rings. The summed E-state index contributed by atoms with van der Waals surface area (Å²) in [5, 5.41) is 3.41. The average molecular weight is 326 g/mol. The van der Waals surface area contributed by atoms with Crippen molar-refractivity contribution in [2.45, 2.75) is 18.4 Å². The zero-order valence-corrected chi connectivity index (χ0v) is 13.9. The van der Waals surface area contributed by atoms with E-state index in [1.807, 2.05) is 54.1 Å². The van der Waals surface area contributed by atoms with Crippen molar-refractivity contribution in [3.63, 3.8) is 0 Å². The van der Waals surface area contributed by atoms with Crippen LogP contribution in [0.2, 0.25) is 0 Å². The molecule has 3 rings (SSSR count). The van der Waals surface area contributed by atoms with E-state index in [1.165, 1.54) is 0 Å². The lowest BCUT2D eigenvalue weighted by molar-refractivity contribution is 0.687. The van der Waals surface area contributed by atoms with Crippen LogP contribution in [0.1, 0.15) is 11.4 Å². The number of benzene rings is 1. The summed E-state index contributed by atoms with van der Waals surface area (Å²) in [4.78, 5) is 9.53. The first kappa shape index (κ1) is 15.4. The molecular formula is C17H18N4OS. The molecule has 3 aromatic rings. The first-order valence-corrected chi connectivity index (χ1v) is 8.82. The Labute approximate surface area is 137 Å². The summed E-state index contributed by atoms with van der Waals surface area (Å²) in [7, 11) is -0.944. The van der Waals surface area contributed by atoms with Gasteiger partial charge in [0.1, 0.15) is 5.82 Å². The van der Waals surface area contributed by atoms with Crippen LogP contribution in [0.5, 0.6) is 0 Å². The minimum atomic E-state index is -0.944. The molecule has 1 aromatic carbocycles. The van der Waals surface area contributed by atoms with Crippen LogP contribution in [0, 0.1) is 6.92 Å². The van der Waals surface area contributed by atoms with Crippen LogP contribution in [0.15, 0.2) is 59.9 Å². The van der Waals surface area contributed by atoms with E-state index >= 15 is 0 Å². The van der Waals surface area contributed by atoms with Gasteiger partial charge < -0.3 is 5.32 Å². The second-order valence-electron chi connectivity index (χ2n) is 5.17. The molecule has 6 heteroatoms. The largest absolute Gasteiger partial charge is 0.378 e. The Morgan fingerprint density at radius 1 is 1.13 bits per heavy atom. The molecule has 0 amide bonds. The van der Waals surface area contributed by atoms with Crippen LogP contribution in [0.4, 0.5) is 5.69 Å². The third-order valence-electron chi connectivity index (χ3n) is 3.58. The Hall–Kier alpha value is -2.47. The molecule has 1 N–H and O–H groups in total. The quantitative estimate of drug-likeness (QED) is 0.783. The minimum absolute atomic E-state index is 0.670. The zero-order chi connectivity index (χ0) is 16.2. The number of aryl methyl sites for hydroxylation is 1. The van der Waals surface area contributed by atoms with E-state index in [0.29, 0.717) is 6.54 Å². The van der Waals surface area contributed by atoms with Crippen LogP contribution in [-0.4, -0.2) is 25.0 Å². The molecular weight excluding hydrogens is 308 g/mol. The number of hydrogen-bond donors (Lipinski definition) is 1. The Kier molecular flexibility index (Phi) is 4.52. The highest BCUT2D eigenvalue weighted by Crippen LogP contribution is 2.19. The number of pyridine rings is 1. The molecule has 0 saturated heterocycles. The Bertz CT molecular complexity index is 827. The molecule has 0 aliphatic carbocycles. The molecule has 0 spiro atoms. The summed E-state index contributed by atoms with van der Waals surface area (Å²) in [5.74, 6) is 1.72. The van der Waals surface area contributed by atoms with Crippen molar-refractivity contribution < 1.29 is 4.21 Å². The summed E-state index contributed by atoms with van der Waals surface area (Å²) in [6.07, 6.45) is 7.11. The van der Waals surface area contributed by atoms with Gasteiger partial charge in [-0.1, -0.05) is 12.1 Å². The van der Waals surface area contributed by atoms with Gasteiger partial charge in [0.25, 0.3) is 0 Å². The van der Waals surface area contributed by atoms with Crippen molar-refractivity contribution in [2.24, 2.45) is 0 Å². The van der Waals surface area contributed by atoms with Crippen molar-refractivity contribution in [1.82, 2.24) is 14.5 Å². The van der Waals surface area contributed by atoms with Gasteiger partial charge in [-0.15, -0.1) is 0 Å². The molecule has 1 unspecified atom stereocenters. The van der Waals surface area contributed by atoms with E-state index in [0.717, 1.165) is 27.8 Å². The summed E-state index contributed by atoms with van der Waals surface area (Å²) in [6.45, 7) is 2.62. The number of nitrogens with one attached hydrogen (secondary N) is 1. The fourth-order valence-corrected chi connectivity index (χ4v) is 2.84. The fraction of sp³-hybridized carbons (Fsp3) is 0.176. The number of nitrogens with zero attached hydrogens (tertiary/aromatic N) is 3. The predicted octanol–water partition coefficient (Wildman–Crippen LogP) is 2.93. The lowest BCUT2D eigenvalue weighted by atomic mass is 10.2. The third-order valence-corrected chi connectivity index (χ3v) is 4.51. The summed E-state index contributed by atoms with van der Waals surface area (Å²) >= 11 is 0. The lowest BCUT2D eigenvalue weighted by Crippen LogP contribution is -2.07. The van der Waals surface area contributed by atoms with E-state index < -0.39 is 10.8 Å². The van der Waals surface area contributed by atoms with Gasteiger partial charge in [0.15, 0.2) is 5.82 Å². The maximum absolute atomic E-state index is 11.4. The summed E-state index contributed by atoms with van der Waals surface area (Å²) in [5.41, 5.74) is 2.06. The summed E-state index contributed by atoms with van der Waals surface area (Å²) in [6, 6.07) is 11.7. The number of imidazole rings is 1. The normalized spacial score (nSPS) is 12.1. The van der Waals surface area contributed by atoms with Gasteiger partial charge in [0.05, 0.1) is 5.69 Å². The van der Waals surface area contributed by atoms with Gasteiger partial charge in [-0.3, -0.25) is 8.78 Å². The number of hydrogen-bond acceptors (Lipinski definition) is 4. The molecule has 0 aliphatic heterocycles. The van der Waals surface area contributed by atoms with E-state index in [4.69, 9.17) is 0 Å². The molecule has 0 radical (unpaired) electrons. The second-order valence-corrected chi connectivity index (χ2v) is 6.55. The van der Waals surface area contributed by atoms with Crippen LogP contribution in [0.25, 0.3) is 5.82 Å². The second kappa shape index (κ2) is 6.75. The minimum Gasteiger partial charge on any atom is -0.378 e. The first-order valence-electron chi connectivity index (χ1n) is 7.27. The molecule has 1 atom stereocenters. The Morgan fingerprint density at radius 3 is 2.57 bits per heavy atom. The van der Waals surface area contributed by atoms with Gasteiger partial charge in [0, 0.05) is 47.1 Å². The van der Waals surface area contributed by atoms with Gasteiger partial charge in [-0.2, -0.15) is 0 Å². The van der Waals surface area contributed by atoms with E-state index in [2.05, 4.69) is 15.3 Å². The van der Waals surface area contributed by atoms with Gasteiger partial charge in [-0.05, 0) is 36.8 Å². The van der Waals surface area contributed by atoms with Crippen LogP contribution < -0.4 is 5.32 Å². The molecule has 118 valence electrons. The zero-order valence-electron chi connectivity index (χ0n) is 13.1. The highest BCUT2D eigenvalue weighted by Gasteiger charge is 2.08. The molecule has 0 saturated carbocycles. The maximum Gasteiger partial charge on any atom is 0.161 e. The number of anilines is 1. The predicted molar refractivity (Wildman–Crippen MR) is 92.2 cm³/mol. The van der Waals surface area contributed by atoms with Crippen molar-refractivity contribution in [1.29, 1.82) is 0 Å². The molecule has 2 heterocycles. The van der Waals surface area contributed by atoms with E-state index in [-0.39, 0.29) is 0 Å². The van der Waals surface area contributed by atoms with Crippen molar-refractivity contribution in [2.75, 3.05) is 11.6 Å². The van der Waals surface area contributed by atoms with Crippen molar-refractivity contribution >= 4 is 16.5 Å². The highest BCUT2D eigenvalue weighted by atomic mass is 32.2. The topological polar surface area (TPSA) is 59.8 Å². The van der Waals surface area contributed by atoms with Crippen LogP contribution >= 0.6 is 0 Å². The standard InChI is InChI=1S/C17H18N4OS/c1-13-18-10-11-21(13)17-16(4-3-9-19-17)20-12-14-5-7-15(8-6-14)23(2)22/h3-11,20H,12H2,1-2H3. The average Bonchev–Trinajstić information content (AvgIpc) is 2.99. The van der Waals surface area contributed by atoms with E-state index in [9.17, 15) is 4.21 Å². The number of rotatable bonds is 5. The fourth-order valence-electron chi connectivity index (χ4n) is 2.32. The summed E-state index contributed by atoms with van der Waals surface area (Å²) < 4.78 is 13.4. The molecule has 0 fully saturated rings. The molecule has 5 nitrogen and oxygen atoms in total. The smallest absolute Gasteiger partial charge is 0.161 e. The van der Waals surface area contributed by atoms with Gasteiger partial charge >= 0.3 is 0 Å². The molecule has 23 heavy (non-hydrogen) atoms. The highest BCUT2D eigenvalue weighted by molar-refractivity contribution is 7.84. The number of aromatic nitrogens is 3. The van der Waals surface area contributed by atoms with E-state index in [1.54, 1.807) is 18.6 Å². The Morgan fingerprint density at radius 2 is 1.91 bits per heavy atom.